The topological polar surface area (TPSA) is 21.6 Å². The molecular formula is C27H37NO. The summed E-state index contributed by atoms with van der Waals surface area (Å²) in [5, 5.41) is 0. The van der Waals surface area contributed by atoms with Gasteiger partial charge in [0.1, 0.15) is 5.75 Å². The van der Waals surface area contributed by atoms with E-state index in [1.807, 2.05) is 6.21 Å². The largest absolute Gasteiger partial charge is 0.493 e. The Morgan fingerprint density at radius 2 is 1.66 bits per heavy atom. The Hall–Kier alpha value is -2.09. The first-order chi connectivity index (χ1) is 13.8. The first-order valence-electron chi connectivity index (χ1n) is 11.2. The average molecular weight is 392 g/mol. The first-order valence-corrected chi connectivity index (χ1v) is 11.2. The fraction of sp³-hybridized carbons (Fsp3) is 0.519. The molecule has 0 amide bonds. The lowest BCUT2D eigenvalue weighted by Crippen LogP contribution is -2.23. The monoisotopic (exact) mass is 391 g/mol. The summed E-state index contributed by atoms with van der Waals surface area (Å²) in [7, 11) is 0. The van der Waals surface area contributed by atoms with Gasteiger partial charge in [-0.15, -0.1) is 0 Å². The first kappa shape index (κ1) is 21.6. The number of nitrogens with zero attached hydrogens (tertiary/aromatic N) is 1. The lowest BCUT2D eigenvalue weighted by molar-refractivity contribution is 0.239. The molecule has 2 atom stereocenters. The predicted octanol–water partition coefficient (Wildman–Crippen LogP) is 7.67. The lowest BCUT2D eigenvalue weighted by atomic mass is 9.70. The molecule has 0 aliphatic heterocycles. The van der Waals surface area contributed by atoms with Crippen LogP contribution in [0.3, 0.4) is 0 Å². The number of hydrogen-bond acceptors (Lipinski definition) is 2. The summed E-state index contributed by atoms with van der Waals surface area (Å²) in [5.41, 5.74) is 4.90. The highest BCUT2D eigenvalue weighted by atomic mass is 16.5. The van der Waals surface area contributed by atoms with Crippen LogP contribution in [0.25, 0.3) is 0 Å². The Kier molecular flexibility index (Phi) is 6.82. The smallest absolute Gasteiger partial charge is 0.131 e. The third kappa shape index (κ3) is 5.10. The van der Waals surface area contributed by atoms with Crippen molar-refractivity contribution in [3.63, 3.8) is 0 Å². The average Bonchev–Trinajstić information content (AvgIpc) is 2.67. The molecule has 1 aliphatic rings. The van der Waals surface area contributed by atoms with E-state index < -0.39 is 0 Å². The van der Waals surface area contributed by atoms with Gasteiger partial charge in [-0.25, -0.2) is 0 Å². The van der Waals surface area contributed by atoms with Gasteiger partial charge in [-0.05, 0) is 59.4 Å². The molecule has 0 aromatic heterocycles. The van der Waals surface area contributed by atoms with Gasteiger partial charge in [-0.2, -0.15) is 0 Å². The molecule has 2 unspecified atom stereocenters. The maximum absolute atomic E-state index is 6.18. The van der Waals surface area contributed by atoms with Crippen molar-refractivity contribution in [3.05, 3.63) is 59.2 Å². The minimum atomic E-state index is 0.159. The predicted molar refractivity (Wildman–Crippen MR) is 125 cm³/mol. The van der Waals surface area contributed by atoms with Crippen LogP contribution in [0.2, 0.25) is 0 Å². The molecule has 3 rings (SSSR count). The van der Waals surface area contributed by atoms with E-state index in [9.17, 15) is 0 Å². The van der Waals surface area contributed by atoms with E-state index in [1.54, 1.807) is 0 Å². The van der Waals surface area contributed by atoms with Crippen LogP contribution < -0.4 is 4.74 Å². The Balaban J connectivity index is 1.92. The van der Waals surface area contributed by atoms with E-state index in [1.165, 1.54) is 30.4 Å². The van der Waals surface area contributed by atoms with Crippen LogP contribution in [-0.4, -0.2) is 12.8 Å². The molecule has 2 nitrogen and oxygen atoms in total. The Morgan fingerprint density at radius 3 is 2.24 bits per heavy atom. The van der Waals surface area contributed by atoms with Crippen molar-refractivity contribution < 1.29 is 4.74 Å². The molecule has 1 aliphatic carbocycles. The van der Waals surface area contributed by atoms with E-state index in [2.05, 4.69) is 84.0 Å². The van der Waals surface area contributed by atoms with E-state index in [4.69, 9.17) is 9.73 Å². The summed E-state index contributed by atoms with van der Waals surface area (Å²) < 4.78 is 6.18. The number of aliphatic imine (C=N–C) groups is 1. The van der Waals surface area contributed by atoms with Crippen molar-refractivity contribution in [2.24, 2.45) is 16.8 Å². The summed E-state index contributed by atoms with van der Waals surface area (Å²) in [4.78, 5) is 4.76. The third-order valence-corrected chi connectivity index (χ3v) is 6.35. The van der Waals surface area contributed by atoms with E-state index >= 15 is 0 Å². The molecule has 2 aromatic rings. The number of rotatable bonds is 5. The molecule has 0 saturated heterocycles. The van der Waals surface area contributed by atoms with Gasteiger partial charge in [0.2, 0.25) is 0 Å². The minimum Gasteiger partial charge on any atom is -0.493 e. The quantitative estimate of drug-likeness (QED) is 0.479. The normalized spacial score (nSPS) is 22.8. The second-order valence-electron chi connectivity index (χ2n) is 9.66. The highest BCUT2D eigenvalue weighted by Crippen LogP contribution is 2.45. The molecule has 1 saturated carbocycles. The Bertz CT molecular complexity index is 819. The van der Waals surface area contributed by atoms with Crippen molar-refractivity contribution in [1.29, 1.82) is 0 Å². The van der Waals surface area contributed by atoms with E-state index in [-0.39, 0.29) is 5.41 Å². The summed E-state index contributed by atoms with van der Waals surface area (Å²) in [6, 6.07) is 15.1. The summed E-state index contributed by atoms with van der Waals surface area (Å²) in [6.45, 7) is 14.2. The summed E-state index contributed by atoms with van der Waals surface area (Å²) in [5.74, 6) is 2.96. The number of benzene rings is 2. The van der Waals surface area contributed by atoms with Crippen LogP contribution in [-0.2, 0) is 5.41 Å². The maximum Gasteiger partial charge on any atom is 0.131 e. The van der Waals surface area contributed by atoms with Gasteiger partial charge < -0.3 is 4.74 Å². The lowest BCUT2D eigenvalue weighted by Gasteiger charge is -2.36. The van der Waals surface area contributed by atoms with Crippen LogP contribution in [0.4, 0.5) is 5.69 Å². The molecule has 1 fully saturated rings. The number of ether oxygens (including phenoxy) is 1. The molecule has 2 aromatic carbocycles. The van der Waals surface area contributed by atoms with Crippen LogP contribution in [0.1, 0.15) is 83.4 Å². The van der Waals surface area contributed by atoms with Crippen LogP contribution >= 0.6 is 0 Å². The second-order valence-corrected chi connectivity index (χ2v) is 9.66. The number of hydrogen-bond donors (Lipinski definition) is 0. The Morgan fingerprint density at radius 1 is 1.00 bits per heavy atom. The summed E-state index contributed by atoms with van der Waals surface area (Å²) >= 11 is 0. The zero-order valence-corrected chi connectivity index (χ0v) is 19.0. The molecule has 2 heteroatoms. The molecule has 29 heavy (non-hydrogen) atoms. The van der Waals surface area contributed by atoms with Gasteiger partial charge in [0.05, 0.1) is 12.3 Å². The highest BCUT2D eigenvalue weighted by Gasteiger charge is 2.31. The van der Waals surface area contributed by atoms with Gasteiger partial charge in [-0.1, -0.05) is 78.1 Å². The maximum atomic E-state index is 6.18. The van der Waals surface area contributed by atoms with Crippen molar-refractivity contribution in [2.45, 2.75) is 72.1 Å². The van der Waals surface area contributed by atoms with Crippen molar-refractivity contribution in [2.75, 3.05) is 6.61 Å². The Labute approximate surface area is 177 Å². The van der Waals surface area contributed by atoms with Gasteiger partial charge in [0, 0.05) is 11.8 Å². The van der Waals surface area contributed by atoms with Gasteiger partial charge in [0.25, 0.3) is 0 Å². The van der Waals surface area contributed by atoms with Crippen LogP contribution in [0.5, 0.6) is 5.75 Å². The third-order valence-electron chi connectivity index (χ3n) is 6.35. The molecule has 0 bridgehead atoms. The van der Waals surface area contributed by atoms with E-state index in [0.29, 0.717) is 24.4 Å². The molecular weight excluding hydrogens is 354 g/mol. The van der Waals surface area contributed by atoms with Gasteiger partial charge in [-0.3, -0.25) is 4.99 Å². The van der Waals surface area contributed by atoms with Crippen molar-refractivity contribution in [3.8, 4) is 5.75 Å². The molecule has 0 heterocycles. The van der Waals surface area contributed by atoms with E-state index in [0.717, 1.165) is 17.0 Å². The minimum absolute atomic E-state index is 0.159. The SMILES string of the molecule is CCOc1c(/C=N/c2ccc(C(C)(C)C)cc2)cccc1C1C(C)CCCC1C. The zero-order chi connectivity index (χ0) is 21.0. The zero-order valence-electron chi connectivity index (χ0n) is 19.0. The standard InChI is InChI=1S/C27H37NO/c1-7-29-26-21(18-28-23-16-14-22(15-17-23)27(4,5)6)12-9-13-24(26)25-19(2)10-8-11-20(25)3/h9,12-20,25H,7-8,10-11H2,1-6H3/b28-18+. The molecule has 0 spiro atoms. The fourth-order valence-electron chi connectivity index (χ4n) is 4.74. The molecule has 0 radical (unpaired) electrons. The van der Waals surface area contributed by atoms with Crippen LogP contribution in [0.15, 0.2) is 47.5 Å². The molecule has 156 valence electrons. The fourth-order valence-corrected chi connectivity index (χ4v) is 4.74. The molecule has 0 N–H and O–H groups in total. The van der Waals surface area contributed by atoms with Crippen LogP contribution in [0, 0.1) is 11.8 Å². The summed E-state index contributed by atoms with van der Waals surface area (Å²) in [6.07, 6.45) is 5.92. The van der Waals surface area contributed by atoms with Gasteiger partial charge >= 0.3 is 0 Å². The van der Waals surface area contributed by atoms with Crippen molar-refractivity contribution in [1.82, 2.24) is 0 Å². The van der Waals surface area contributed by atoms with Gasteiger partial charge in [0.15, 0.2) is 0 Å². The van der Waals surface area contributed by atoms with Crippen molar-refractivity contribution >= 4 is 11.9 Å². The number of para-hydroxylation sites is 1. The highest BCUT2D eigenvalue weighted by molar-refractivity contribution is 5.86. The second kappa shape index (κ2) is 9.15.